The fourth-order valence-corrected chi connectivity index (χ4v) is 1.17. The van der Waals surface area contributed by atoms with Gasteiger partial charge in [0.05, 0.1) is 12.2 Å². The molecule has 0 aromatic carbocycles. The van der Waals surface area contributed by atoms with E-state index in [1.54, 1.807) is 4.68 Å². The zero-order chi connectivity index (χ0) is 10.7. The van der Waals surface area contributed by atoms with Gasteiger partial charge in [-0.25, -0.2) is 9.97 Å². The molecule has 0 fully saturated rings. The molecule has 0 aliphatic rings. The minimum atomic E-state index is -0.548. The Morgan fingerprint density at radius 3 is 3.00 bits per heavy atom. The van der Waals surface area contributed by atoms with Crippen molar-refractivity contribution < 1.29 is 4.39 Å². The molecule has 0 unspecified atom stereocenters. The first-order valence-corrected chi connectivity index (χ1v) is 4.44. The topological polar surface area (TPSA) is 55.6 Å². The van der Waals surface area contributed by atoms with Gasteiger partial charge in [0.25, 0.3) is 0 Å². The third-order valence-corrected chi connectivity index (χ3v) is 1.85. The lowest BCUT2D eigenvalue weighted by molar-refractivity contribution is 0.580. The number of nitrogens with zero attached hydrogens (tertiary/aromatic N) is 4. The van der Waals surface area contributed by atoms with Gasteiger partial charge in [-0.3, -0.25) is 4.68 Å². The van der Waals surface area contributed by atoms with Gasteiger partial charge in [-0.2, -0.15) is 9.49 Å². The lowest BCUT2D eigenvalue weighted by Gasteiger charge is -2.01. The molecule has 2 heterocycles. The van der Waals surface area contributed by atoms with Crippen molar-refractivity contribution in [2.45, 2.75) is 6.54 Å². The quantitative estimate of drug-likeness (QED) is 0.762. The van der Waals surface area contributed by atoms with E-state index < -0.39 is 5.95 Å². The average molecular weight is 207 g/mol. The van der Waals surface area contributed by atoms with Crippen LogP contribution in [0.15, 0.2) is 24.7 Å². The van der Waals surface area contributed by atoms with Crippen molar-refractivity contribution in [3.63, 3.8) is 0 Å². The van der Waals surface area contributed by atoms with Gasteiger partial charge in [0.15, 0.2) is 0 Å². The first-order valence-electron chi connectivity index (χ1n) is 4.44. The molecule has 2 aromatic heterocycles. The number of hydrogen-bond acceptors (Lipinski definition) is 4. The van der Waals surface area contributed by atoms with Gasteiger partial charge >= 0.3 is 0 Å². The van der Waals surface area contributed by atoms with Crippen LogP contribution in [0, 0.1) is 5.95 Å². The summed E-state index contributed by atoms with van der Waals surface area (Å²) in [5, 5.41) is 7.11. The number of halogens is 1. The molecule has 5 nitrogen and oxygen atoms in total. The van der Waals surface area contributed by atoms with Gasteiger partial charge in [0.2, 0.25) is 5.95 Å². The molecule has 0 aliphatic heterocycles. The Hall–Kier alpha value is -1.98. The predicted molar refractivity (Wildman–Crippen MR) is 52.5 cm³/mol. The zero-order valence-electron chi connectivity index (χ0n) is 8.18. The standard InChI is InChI=1S/C9H10FN5/c1-15-3-2-7(14-15)5-11-9-4-8(10)12-6-13-9/h2-4,6H,5H2,1H3,(H,11,12,13). The fourth-order valence-electron chi connectivity index (χ4n) is 1.17. The zero-order valence-corrected chi connectivity index (χ0v) is 8.18. The number of nitrogens with one attached hydrogen (secondary N) is 1. The van der Waals surface area contributed by atoms with Gasteiger partial charge in [0, 0.05) is 19.3 Å². The highest BCUT2D eigenvalue weighted by molar-refractivity contribution is 5.32. The summed E-state index contributed by atoms with van der Waals surface area (Å²) in [5.74, 6) is -0.0957. The van der Waals surface area contributed by atoms with Crippen LogP contribution < -0.4 is 5.32 Å². The summed E-state index contributed by atoms with van der Waals surface area (Å²) in [6.45, 7) is 0.511. The Morgan fingerprint density at radius 2 is 2.33 bits per heavy atom. The lowest BCUT2D eigenvalue weighted by Crippen LogP contribution is -2.03. The molecular weight excluding hydrogens is 197 g/mol. The Labute approximate surface area is 86.0 Å². The van der Waals surface area contributed by atoms with Crippen LogP contribution in [0.2, 0.25) is 0 Å². The molecule has 2 rings (SSSR count). The number of hydrogen-bond donors (Lipinski definition) is 1. The van der Waals surface area contributed by atoms with Gasteiger partial charge in [-0.1, -0.05) is 0 Å². The predicted octanol–water partition coefficient (Wildman–Crippen LogP) is 0.961. The maximum Gasteiger partial charge on any atom is 0.217 e. The second kappa shape index (κ2) is 4.04. The molecule has 0 amide bonds. The number of rotatable bonds is 3. The summed E-state index contributed by atoms with van der Waals surface area (Å²) < 4.78 is 14.4. The summed E-state index contributed by atoms with van der Waals surface area (Å²) >= 11 is 0. The lowest BCUT2D eigenvalue weighted by atomic mass is 10.4. The van der Waals surface area contributed by atoms with Crippen LogP contribution in [0.1, 0.15) is 5.69 Å². The molecule has 0 saturated carbocycles. The second-order valence-corrected chi connectivity index (χ2v) is 3.06. The molecule has 0 spiro atoms. The van der Waals surface area contributed by atoms with Crippen molar-refractivity contribution in [3.05, 3.63) is 36.3 Å². The van der Waals surface area contributed by atoms with Crippen LogP contribution >= 0.6 is 0 Å². The van der Waals surface area contributed by atoms with Crippen molar-refractivity contribution >= 4 is 5.82 Å². The molecule has 6 heteroatoms. The SMILES string of the molecule is Cn1ccc(CNc2cc(F)ncn2)n1. The van der Waals surface area contributed by atoms with Crippen LogP contribution in [-0.2, 0) is 13.6 Å². The first-order chi connectivity index (χ1) is 7.24. The van der Waals surface area contributed by atoms with Crippen LogP contribution in [-0.4, -0.2) is 19.7 Å². The van der Waals surface area contributed by atoms with Crippen LogP contribution in [0.4, 0.5) is 10.2 Å². The van der Waals surface area contributed by atoms with Crippen molar-refractivity contribution in [2.24, 2.45) is 7.05 Å². The van der Waals surface area contributed by atoms with Crippen molar-refractivity contribution in [1.29, 1.82) is 0 Å². The number of aryl methyl sites for hydroxylation is 1. The minimum Gasteiger partial charge on any atom is -0.364 e. The van der Waals surface area contributed by atoms with E-state index in [0.29, 0.717) is 12.4 Å². The van der Waals surface area contributed by atoms with Gasteiger partial charge in [-0.05, 0) is 6.07 Å². The van der Waals surface area contributed by atoms with Crippen molar-refractivity contribution in [2.75, 3.05) is 5.32 Å². The molecule has 78 valence electrons. The number of anilines is 1. The third-order valence-electron chi connectivity index (χ3n) is 1.85. The molecule has 2 aromatic rings. The normalized spacial score (nSPS) is 10.3. The Kier molecular flexibility index (Phi) is 2.57. The maximum absolute atomic E-state index is 12.7. The van der Waals surface area contributed by atoms with E-state index in [1.807, 2.05) is 19.3 Å². The van der Waals surface area contributed by atoms with E-state index in [2.05, 4.69) is 20.4 Å². The van der Waals surface area contributed by atoms with E-state index in [9.17, 15) is 4.39 Å². The van der Waals surface area contributed by atoms with Crippen molar-refractivity contribution in [3.8, 4) is 0 Å². The second-order valence-electron chi connectivity index (χ2n) is 3.06. The highest BCUT2D eigenvalue weighted by atomic mass is 19.1. The Balaban J connectivity index is 1.99. The van der Waals surface area contributed by atoms with E-state index in [4.69, 9.17) is 0 Å². The maximum atomic E-state index is 12.7. The molecule has 0 saturated heterocycles. The summed E-state index contributed by atoms with van der Waals surface area (Å²) in [5.41, 5.74) is 0.872. The average Bonchev–Trinajstić information content (AvgIpc) is 2.62. The number of aromatic nitrogens is 4. The minimum absolute atomic E-state index is 0.452. The highest BCUT2D eigenvalue weighted by Gasteiger charge is 1.99. The highest BCUT2D eigenvalue weighted by Crippen LogP contribution is 2.04. The largest absolute Gasteiger partial charge is 0.364 e. The fraction of sp³-hybridized carbons (Fsp3) is 0.222. The molecular formula is C9H10FN5. The summed E-state index contributed by atoms with van der Waals surface area (Å²) in [4.78, 5) is 7.23. The summed E-state index contributed by atoms with van der Waals surface area (Å²) in [6.07, 6.45) is 3.02. The molecule has 0 bridgehead atoms. The van der Waals surface area contributed by atoms with E-state index in [1.165, 1.54) is 12.4 Å². The Morgan fingerprint density at radius 1 is 1.47 bits per heavy atom. The monoisotopic (exact) mass is 207 g/mol. The van der Waals surface area contributed by atoms with Gasteiger partial charge < -0.3 is 5.32 Å². The summed E-state index contributed by atoms with van der Waals surface area (Å²) in [7, 11) is 1.84. The van der Waals surface area contributed by atoms with Crippen LogP contribution in [0.3, 0.4) is 0 Å². The summed E-state index contributed by atoms with van der Waals surface area (Å²) in [6, 6.07) is 3.12. The molecule has 0 aliphatic carbocycles. The smallest absolute Gasteiger partial charge is 0.217 e. The van der Waals surface area contributed by atoms with E-state index in [0.717, 1.165) is 5.69 Å². The van der Waals surface area contributed by atoms with E-state index >= 15 is 0 Å². The molecule has 0 atom stereocenters. The van der Waals surface area contributed by atoms with Crippen molar-refractivity contribution in [1.82, 2.24) is 19.7 Å². The van der Waals surface area contributed by atoms with Crippen LogP contribution in [0.5, 0.6) is 0 Å². The van der Waals surface area contributed by atoms with Gasteiger partial charge in [-0.15, -0.1) is 0 Å². The first kappa shape index (κ1) is 9.57. The Bertz CT molecular complexity index is 453. The third kappa shape index (κ3) is 2.49. The molecule has 15 heavy (non-hydrogen) atoms. The molecule has 1 N–H and O–H groups in total. The molecule has 0 radical (unpaired) electrons. The van der Waals surface area contributed by atoms with E-state index in [-0.39, 0.29) is 0 Å². The van der Waals surface area contributed by atoms with Crippen LogP contribution in [0.25, 0.3) is 0 Å². The van der Waals surface area contributed by atoms with Gasteiger partial charge in [0.1, 0.15) is 12.1 Å².